The van der Waals surface area contributed by atoms with Crippen molar-refractivity contribution in [3.8, 4) is 5.75 Å². The van der Waals surface area contributed by atoms with E-state index >= 15 is 0 Å². The van der Waals surface area contributed by atoms with Gasteiger partial charge in [-0.3, -0.25) is 0 Å². The molecule has 0 radical (unpaired) electrons. The first-order chi connectivity index (χ1) is 13.1. The summed E-state index contributed by atoms with van der Waals surface area (Å²) in [5.74, 6) is 2.24. The van der Waals surface area contributed by atoms with Crippen LogP contribution in [0.2, 0.25) is 5.02 Å². The molecule has 0 fully saturated rings. The van der Waals surface area contributed by atoms with Crippen LogP contribution in [0.4, 0.5) is 0 Å². The monoisotopic (exact) mass is 399 g/mol. The van der Waals surface area contributed by atoms with Crippen molar-refractivity contribution in [3.63, 3.8) is 0 Å². The highest BCUT2D eigenvalue weighted by atomic mass is 35.5. The fraction of sp³-hybridized carbons (Fsp3) is 0.211. The average Bonchev–Trinajstić information content (AvgIpc) is 3.24. The molecule has 3 aromatic heterocycles. The van der Waals surface area contributed by atoms with Crippen LogP contribution in [0.1, 0.15) is 17.1 Å². The highest BCUT2D eigenvalue weighted by Gasteiger charge is 2.12. The maximum Gasteiger partial charge on any atom is 0.191 e. The smallest absolute Gasteiger partial charge is 0.191 e. The number of ether oxygens (including phenoxy) is 1. The van der Waals surface area contributed by atoms with Gasteiger partial charge in [0.1, 0.15) is 18.0 Å². The standard InChI is InChI=1S/C19H18ClN5OS/c1-13-4-3-9-25-10-15(21-18(13)25)12-27-19-23-22-17(24(19)2)11-26-16-7-5-14(20)6-8-16/h3-10H,11-12H2,1-2H3. The number of pyridine rings is 1. The Labute approximate surface area is 166 Å². The Kier molecular flexibility index (Phi) is 5.05. The van der Waals surface area contributed by atoms with E-state index < -0.39 is 0 Å². The van der Waals surface area contributed by atoms with Crippen LogP contribution in [0.15, 0.2) is 53.9 Å². The molecule has 0 bridgehead atoms. The first-order valence-electron chi connectivity index (χ1n) is 8.43. The minimum absolute atomic E-state index is 0.346. The quantitative estimate of drug-likeness (QED) is 0.452. The molecule has 4 rings (SSSR count). The summed E-state index contributed by atoms with van der Waals surface area (Å²) in [4.78, 5) is 4.70. The number of hydrogen-bond acceptors (Lipinski definition) is 5. The number of fused-ring (bicyclic) bond motifs is 1. The molecule has 3 heterocycles. The number of thioether (sulfide) groups is 1. The predicted molar refractivity (Wildman–Crippen MR) is 106 cm³/mol. The van der Waals surface area contributed by atoms with Crippen LogP contribution >= 0.6 is 23.4 Å². The number of rotatable bonds is 6. The fourth-order valence-electron chi connectivity index (χ4n) is 2.69. The first-order valence-corrected chi connectivity index (χ1v) is 9.79. The molecule has 8 heteroatoms. The SMILES string of the molecule is Cc1cccn2cc(CSc3nnc(COc4ccc(Cl)cc4)n3C)nc12. The van der Waals surface area contributed by atoms with Gasteiger partial charge in [0, 0.05) is 30.2 Å². The van der Waals surface area contributed by atoms with E-state index in [9.17, 15) is 0 Å². The molecule has 0 aliphatic heterocycles. The van der Waals surface area contributed by atoms with E-state index in [2.05, 4.69) is 29.4 Å². The van der Waals surface area contributed by atoms with Crippen LogP contribution in [-0.4, -0.2) is 24.1 Å². The molecule has 0 aliphatic carbocycles. The molecule has 0 spiro atoms. The summed E-state index contributed by atoms with van der Waals surface area (Å²) < 4.78 is 9.75. The lowest BCUT2D eigenvalue weighted by atomic mass is 10.3. The van der Waals surface area contributed by atoms with Gasteiger partial charge >= 0.3 is 0 Å². The van der Waals surface area contributed by atoms with Crippen LogP contribution in [-0.2, 0) is 19.4 Å². The van der Waals surface area contributed by atoms with Crippen LogP contribution in [0, 0.1) is 6.92 Å². The number of benzene rings is 1. The number of halogens is 1. The topological polar surface area (TPSA) is 57.2 Å². The van der Waals surface area contributed by atoms with Crippen LogP contribution < -0.4 is 4.74 Å². The van der Waals surface area contributed by atoms with Gasteiger partial charge in [0.15, 0.2) is 11.0 Å². The van der Waals surface area contributed by atoms with Gasteiger partial charge < -0.3 is 13.7 Å². The molecule has 0 amide bonds. The zero-order chi connectivity index (χ0) is 18.8. The van der Waals surface area contributed by atoms with Crippen molar-refractivity contribution in [1.82, 2.24) is 24.1 Å². The summed E-state index contributed by atoms with van der Waals surface area (Å²) in [5.41, 5.74) is 3.16. The minimum atomic E-state index is 0.346. The molecule has 0 saturated carbocycles. The highest BCUT2D eigenvalue weighted by Crippen LogP contribution is 2.22. The Bertz CT molecular complexity index is 1070. The van der Waals surface area contributed by atoms with Crippen molar-refractivity contribution in [2.45, 2.75) is 24.4 Å². The maximum atomic E-state index is 5.89. The van der Waals surface area contributed by atoms with Crippen molar-refractivity contribution in [2.75, 3.05) is 0 Å². The van der Waals surface area contributed by atoms with Crippen molar-refractivity contribution >= 4 is 29.0 Å². The Morgan fingerprint density at radius 1 is 1.15 bits per heavy atom. The fourth-order valence-corrected chi connectivity index (χ4v) is 3.63. The van der Waals surface area contributed by atoms with Gasteiger partial charge in [0.2, 0.25) is 0 Å². The van der Waals surface area contributed by atoms with Crippen molar-refractivity contribution < 1.29 is 4.74 Å². The summed E-state index contributed by atoms with van der Waals surface area (Å²) in [6.07, 6.45) is 4.06. The Morgan fingerprint density at radius 3 is 2.74 bits per heavy atom. The number of nitrogens with zero attached hydrogens (tertiary/aromatic N) is 5. The summed E-state index contributed by atoms with van der Waals surface area (Å²) in [6, 6.07) is 11.3. The molecule has 27 heavy (non-hydrogen) atoms. The summed E-state index contributed by atoms with van der Waals surface area (Å²) in [6.45, 7) is 2.41. The molecule has 0 aliphatic rings. The average molecular weight is 400 g/mol. The van der Waals surface area contributed by atoms with E-state index in [0.717, 1.165) is 39.4 Å². The molecular formula is C19H18ClN5OS. The molecule has 4 aromatic rings. The van der Waals surface area contributed by atoms with Gasteiger partial charge in [-0.25, -0.2) is 4.98 Å². The van der Waals surface area contributed by atoms with Gasteiger partial charge in [-0.2, -0.15) is 0 Å². The van der Waals surface area contributed by atoms with E-state index in [0.29, 0.717) is 11.6 Å². The third kappa shape index (κ3) is 3.94. The molecule has 0 atom stereocenters. The lowest BCUT2D eigenvalue weighted by Crippen LogP contribution is -2.04. The zero-order valence-corrected chi connectivity index (χ0v) is 16.5. The van der Waals surface area contributed by atoms with Crippen LogP contribution in [0.3, 0.4) is 0 Å². The molecule has 0 saturated heterocycles. The summed E-state index contributed by atoms with van der Waals surface area (Å²) in [5, 5.41) is 10.0. The molecule has 0 unspecified atom stereocenters. The van der Waals surface area contributed by atoms with Gasteiger partial charge in [0.25, 0.3) is 0 Å². The van der Waals surface area contributed by atoms with Gasteiger partial charge in [-0.05, 0) is 42.8 Å². The Balaban J connectivity index is 1.40. The van der Waals surface area contributed by atoms with E-state index in [1.807, 2.05) is 40.4 Å². The zero-order valence-electron chi connectivity index (χ0n) is 15.0. The minimum Gasteiger partial charge on any atom is -0.486 e. The van der Waals surface area contributed by atoms with Gasteiger partial charge in [-0.15, -0.1) is 10.2 Å². The molecule has 6 nitrogen and oxygen atoms in total. The second-order valence-corrected chi connectivity index (χ2v) is 7.52. The maximum absolute atomic E-state index is 5.89. The largest absolute Gasteiger partial charge is 0.486 e. The highest BCUT2D eigenvalue weighted by molar-refractivity contribution is 7.98. The first kappa shape index (κ1) is 17.9. The number of aryl methyl sites for hydroxylation is 1. The van der Waals surface area contributed by atoms with Crippen molar-refractivity contribution in [1.29, 1.82) is 0 Å². The second-order valence-electron chi connectivity index (χ2n) is 6.14. The number of imidazole rings is 1. The second kappa shape index (κ2) is 7.62. The third-order valence-corrected chi connectivity index (χ3v) is 5.49. The molecule has 138 valence electrons. The van der Waals surface area contributed by atoms with Crippen molar-refractivity contribution in [3.05, 3.63) is 70.9 Å². The lowest BCUT2D eigenvalue weighted by molar-refractivity contribution is 0.290. The van der Waals surface area contributed by atoms with Gasteiger partial charge in [0.05, 0.1) is 5.69 Å². The van der Waals surface area contributed by atoms with E-state index in [4.69, 9.17) is 21.3 Å². The lowest BCUT2D eigenvalue weighted by Gasteiger charge is -2.06. The Hall–Kier alpha value is -2.51. The molecular weight excluding hydrogens is 382 g/mol. The van der Waals surface area contributed by atoms with E-state index in [1.165, 1.54) is 0 Å². The predicted octanol–water partition coefficient (Wildman–Crippen LogP) is 4.30. The Morgan fingerprint density at radius 2 is 1.96 bits per heavy atom. The van der Waals surface area contributed by atoms with Gasteiger partial charge in [-0.1, -0.05) is 29.4 Å². The van der Waals surface area contributed by atoms with E-state index in [1.54, 1.807) is 23.9 Å². The van der Waals surface area contributed by atoms with Crippen LogP contribution in [0.25, 0.3) is 5.65 Å². The number of hydrogen-bond donors (Lipinski definition) is 0. The number of aromatic nitrogens is 5. The van der Waals surface area contributed by atoms with E-state index in [-0.39, 0.29) is 0 Å². The third-order valence-electron chi connectivity index (χ3n) is 4.18. The molecule has 0 N–H and O–H groups in total. The molecule has 1 aromatic carbocycles. The summed E-state index contributed by atoms with van der Waals surface area (Å²) >= 11 is 7.49. The van der Waals surface area contributed by atoms with Crippen LogP contribution in [0.5, 0.6) is 5.75 Å². The summed E-state index contributed by atoms with van der Waals surface area (Å²) in [7, 11) is 1.94. The normalized spacial score (nSPS) is 11.2. The van der Waals surface area contributed by atoms with Crippen molar-refractivity contribution in [2.24, 2.45) is 7.05 Å².